The van der Waals surface area contributed by atoms with Gasteiger partial charge in [0.1, 0.15) is 0 Å². The molecule has 4 nitrogen and oxygen atoms in total. The van der Waals surface area contributed by atoms with E-state index in [0.717, 1.165) is 19.5 Å². The zero-order chi connectivity index (χ0) is 13.9. The van der Waals surface area contributed by atoms with Crippen LogP contribution >= 0.6 is 0 Å². The van der Waals surface area contributed by atoms with Gasteiger partial charge in [-0.2, -0.15) is 4.31 Å². The van der Waals surface area contributed by atoms with Crippen LogP contribution < -0.4 is 0 Å². The summed E-state index contributed by atoms with van der Waals surface area (Å²) in [7, 11) is -3.31. The predicted molar refractivity (Wildman–Crippen MR) is 76.5 cm³/mol. The van der Waals surface area contributed by atoms with E-state index >= 15 is 0 Å². The number of sulfonamides is 1. The predicted octanol–water partition coefficient (Wildman–Crippen LogP) is 1.79. The Morgan fingerprint density at radius 2 is 1.68 bits per heavy atom. The zero-order valence-electron chi connectivity index (χ0n) is 11.6. The number of benzene rings is 1. The number of hydrogen-bond acceptors (Lipinski definition) is 3. The SMILES string of the molecule is CCC(C)N1CCN(S(=O)(=O)c2ccccc2)CC1. The molecule has 0 saturated carbocycles. The summed E-state index contributed by atoms with van der Waals surface area (Å²) in [6, 6.07) is 9.22. The van der Waals surface area contributed by atoms with E-state index in [2.05, 4.69) is 18.7 Å². The maximum absolute atomic E-state index is 12.4. The van der Waals surface area contributed by atoms with Crippen LogP contribution in [0.1, 0.15) is 20.3 Å². The van der Waals surface area contributed by atoms with Gasteiger partial charge in [0.2, 0.25) is 10.0 Å². The van der Waals surface area contributed by atoms with Crippen molar-refractivity contribution >= 4 is 10.0 Å². The summed E-state index contributed by atoms with van der Waals surface area (Å²) in [5, 5.41) is 0. The summed E-state index contributed by atoms with van der Waals surface area (Å²) in [6.45, 7) is 7.17. The first-order valence-corrected chi connectivity index (χ1v) is 8.29. The molecule has 19 heavy (non-hydrogen) atoms. The molecule has 0 radical (unpaired) electrons. The number of nitrogens with zero attached hydrogens (tertiary/aromatic N) is 2. The molecule has 1 aromatic carbocycles. The molecular weight excluding hydrogens is 260 g/mol. The van der Waals surface area contributed by atoms with E-state index in [-0.39, 0.29) is 0 Å². The molecule has 1 unspecified atom stereocenters. The average Bonchev–Trinajstić information content (AvgIpc) is 2.47. The minimum Gasteiger partial charge on any atom is -0.298 e. The normalized spacial score (nSPS) is 20.3. The maximum Gasteiger partial charge on any atom is 0.243 e. The maximum atomic E-state index is 12.4. The van der Waals surface area contributed by atoms with Crippen molar-refractivity contribution in [3.05, 3.63) is 30.3 Å². The molecule has 0 aliphatic carbocycles. The lowest BCUT2D eigenvalue weighted by molar-refractivity contribution is 0.142. The largest absolute Gasteiger partial charge is 0.298 e. The molecule has 1 fully saturated rings. The monoisotopic (exact) mass is 282 g/mol. The molecule has 0 N–H and O–H groups in total. The van der Waals surface area contributed by atoms with Gasteiger partial charge in [-0.05, 0) is 25.5 Å². The Morgan fingerprint density at radius 1 is 1.11 bits per heavy atom. The molecule has 1 aromatic rings. The van der Waals surface area contributed by atoms with Gasteiger partial charge >= 0.3 is 0 Å². The van der Waals surface area contributed by atoms with E-state index < -0.39 is 10.0 Å². The van der Waals surface area contributed by atoms with Gasteiger partial charge in [-0.1, -0.05) is 25.1 Å². The summed E-state index contributed by atoms with van der Waals surface area (Å²) in [5.41, 5.74) is 0. The molecule has 1 atom stereocenters. The van der Waals surface area contributed by atoms with E-state index in [1.807, 2.05) is 6.07 Å². The second-order valence-corrected chi connectivity index (χ2v) is 6.95. The molecular formula is C14H22N2O2S. The Morgan fingerprint density at radius 3 is 2.21 bits per heavy atom. The van der Waals surface area contributed by atoms with Crippen molar-refractivity contribution < 1.29 is 8.42 Å². The molecule has 2 rings (SSSR count). The Bertz CT molecular complexity index is 493. The lowest BCUT2D eigenvalue weighted by Gasteiger charge is -2.37. The van der Waals surface area contributed by atoms with Crippen LogP contribution in [0.15, 0.2) is 35.2 Å². The Labute approximate surface area is 116 Å². The third kappa shape index (κ3) is 3.16. The first-order valence-electron chi connectivity index (χ1n) is 6.85. The molecule has 0 aromatic heterocycles. The lowest BCUT2D eigenvalue weighted by atomic mass is 10.2. The number of piperazine rings is 1. The third-order valence-electron chi connectivity index (χ3n) is 3.87. The quantitative estimate of drug-likeness (QED) is 0.845. The zero-order valence-corrected chi connectivity index (χ0v) is 12.4. The Hall–Kier alpha value is -0.910. The van der Waals surface area contributed by atoms with Crippen molar-refractivity contribution in [1.29, 1.82) is 0 Å². The van der Waals surface area contributed by atoms with Crippen LogP contribution in [-0.2, 0) is 10.0 Å². The van der Waals surface area contributed by atoms with Gasteiger partial charge in [-0.25, -0.2) is 8.42 Å². The summed E-state index contributed by atoms with van der Waals surface area (Å²) in [6.07, 6.45) is 1.10. The van der Waals surface area contributed by atoms with Gasteiger partial charge < -0.3 is 0 Å². The minimum atomic E-state index is -3.31. The van der Waals surface area contributed by atoms with E-state index in [1.54, 1.807) is 28.6 Å². The van der Waals surface area contributed by atoms with E-state index in [1.165, 1.54) is 0 Å². The molecule has 1 aliphatic heterocycles. The Balaban J connectivity index is 2.06. The molecule has 106 valence electrons. The first kappa shape index (κ1) is 14.5. The fraction of sp³-hybridized carbons (Fsp3) is 0.571. The molecule has 1 aliphatic rings. The van der Waals surface area contributed by atoms with Crippen LogP contribution in [-0.4, -0.2) is 49.8 Å². The van der Waals surface area contributed by atoms with Gasteiger partial charge in [-0.15, -0.1) is 0 Å². The van der Waals surface area contributed by atoms with Crippen molar-refractivity contribution in [1.82, 2.24) is 9.21 Å². The van der Waals surface area contributed by atoms with Crippen LogP contribution in [0.3, 0.4) is 0 Å². The van der Waals surface area contributed by atoms with Crippen LogP contribution in [0.25, 0.3) is 0 Å². The smallest absolute Gasteiger partial charge is 0.243 e. The lowest BCUT2D eigenvalue weighted by Crippen LogP contribution is -2.51. The van der Waals surface area contributed by atoms with Crippen molar-refractivity contribution in [2.45, 2.75) is 31.2 Å². The van der Waals surface area contributed by atoms with Crippen LogP contribution in [0.4, 0.5) is 0 Å². The third-order valence-corrected chi connectivity index (χ3v) is 5.78. The van der Waals surface area contributed by atoms with Gasteiger partial charge in [0.25, 0.3) is 0 Å². The summed E-state index contributed by atoms with van der Waals surface area (Å²) in [4.78, 5) is 2.75. The number of rotatable bonds is 4. The molecule has 5 heteroatoms. The standard InChI is InChI=1S/C14H22N2O2S/c1-3-13(2)15-9-11-16(12-10-15)19(17,18)14-7-5-4-6-8-14/h4-8,13H,3,9-12H2,1-2H3. The van der Waals surface area contributed by atoms with Crippen LogP contribution in [0.2, 0.25) is 0 Å². The molecule has 0 spiro atoms. The van der Waals surface area contributed by atoms with Crippen molar-refractivity contribution in [2.24, 2.45) is 0 Å². The number of hydrogen-bond donors (Lipinski definition) is 0. The topological polar surface area (TPSA) is 40.6 Å². The van der Waals surface area contributed by atoms with Crippen molar-refractivity contribution in [3.63, 3.8) is 0 Å². The highest BCUT2D eigenvalue weighted by atomic mass is 32.2. The van der Waals surface area contributed by atoms with Crippen molar-refractivity contribution in [2.75, 3.05) is 26.2 Å². The van der Waals surface area contributed by atoms with Gasteiger partial charge in [0.05, 0.1) is 4.90 Å². The van der Waals surface area contributed by atoms with Crippen LogP contribution in [0.5, 0.6) is 0 Å². The first-order chi connectivity index (χ1) is 9.05. The average molecular weight is 282 g/mol. The highest BCUT2D eigenvalue weighted by Gasteiger charge is 2.29. The molecule has 0 bridgehead atoms. The summed E-state index contributed by atoms with van der Waals surface area (Å²) < 4.78 is 26.5. The fourth-order valence-corrected chi connectivity index (χ4v) is 3.83. The Kier molecular flexibility index (Phi) is 4.60. The van der Waals surface area contributed by atoms with Gasteiger partial charge in [0.15, 0.2) is 0 Å². The van der Waals surface area contributed by atoms with Crippen molar-refractivity contribution in [3.8, 4) is 0 Å². The highest BCUT2D eigenvalue weighted by molar-refractivity contribution is 7.89. The summed E-state index contributed by atoms with van der Waals surface area (Å²) >= 11 is 0. The van der Waals surface area contributed by atoms with E-state index in [9.17, 15) is 8.42 Å². The second kappa shape index (κ2) is 6.03. The second-order valence-electron chi connectivity index (χ2n) is 5.01. The minimum absolute atomic E-state index is 0.395. The highest BCUT2D eigenvalue weighted by Crippen LogP contribution is 2.18. The van der Waals surface area contributed by atoms with E-state index in [4.69, 9.17) is 0 Å². The molecule has 1 saturated heterocycles. The van der Waals surface area contributed by atoms with Gasteiger partial charge in [0, 0.05) is 32.2 Å². The van der Waals surface area contributed by atoms with Crippen LogP contribution in [0, 0.1) is 0 Å². The molecule has 1 heterocycles. The van der Waals surface area contributed by atoms with E-state index in [0.29, 0.717) is 24.0 Å². The summed E-state index contributed by atoms with van der Waals surface area (Å²) in [5.74, 6) is 0. The molecule has 0 amide bonds. The fourth-order valence-electron chi connectivity index (χ4n) is 2.38. The van der Waals surface area contributed by atoms with Gasteiger partial charge in [-0.3, -0.25) is 4.90 Å².